The van der Waals surface area contributed by atoms with E-state index in [4.69, 9.17) is 4.74 Å². The van der Waals surface area contributed by atoms with Crippen LogP contribution in [0, 0.1) is 11.3 Å². The molecule has 0 saturated carbocycles. The Hall–Kier alpha value is -4.44. The first-order valence-corrected chi connectivity index (χ1v) is 13.9. The number of nitrogens with zero attached hydrogens (tertiary/aromatic N) is 6. The monoisotopic (exact) mass is 570 g/mol. The van der Waals surface area contributed by atoms with Crippen LogP contribution in [0.1, 0.15) is 29.8 Å². The number of nitriles is 1. The third kappa shape index (κ3) is 6.66. The smallest absolute Gasteiger partial charge is 0.255 e. The number of carbonyl (C=O) groups excluding carboxylic acids is 2. The molecule has 1 saturated heterocycles. The van der Waals surface area contributed by atoms with Gasteiger partial charge >= 0.3 is 0 Å². The summed E-state index contributed by atoms with van der Waals surface area (Å²) in [5, 5.41) is 15.7. The summed E-state index contributed by atoms with van der Waals surface area (Å²) in [6.45, 7) is 6.64. The molecule has 2 N–H and O–H groups in total. The fourth-order valence-electron chi connectivity index (χ4n) is 4.29. The van der Waals surface area contributed by atoms with E-state index in [-0.39, 0.29) is 18.4 Å². The minimum absolute atomic E-state index is 0.129. The van der Waals surface area contributed by atoms with Crippen LogP contribution in [0.5, 0.6) is 0 Å². The second kappa shape index (κ2) is 12.0. The van der Waals surface area contributed by atoms with Gasteiger partial charge in [-0.2, -0.15) is 10.2 Å². The van der Waals surface area contributed by atoms with Gasteiger partial charge < -0.3 is 20.3 Å². The van der Waals surface area contributed by atoms with Gasteiger partial charge in [-0.25, -0.2) is 9.97 Å². The van der Waals surface area contributed by atoms with Crippen molar-refractivity contribution in [1.82, 2.24) is 19.9 Å². The predicted octanol–water partition coefficient (Wildman–Crippen LogP) is 4.18. The van der Waals surface area contributed by atoms with Gasteiger partial charge in [0.15, 0.2) is 9.96 Å². The highest BCUT2D eigenvalue weighted by Gasteiger charge is 2.21. The number of nitrogens with one attached hydrogen (secondary N) is 2. The zero-order valence-corrected chi connectivity index (χ0v) is 23.9. The van der Waals surface area contributed by atoms with E-state index in [1.54, 1.807) is 30.5 Å². The Bertz CT molecular complexity index is 1620. The van der Waals surface area contributed by atoms with Crippen molar-refractivity contribution in [1.29, 1.82) is 5.26 Å². The van der Waals surface area contributed by atoms with Crippen LogP contribution in [0.4, 0.5) is 22.5 Å². The topological polar surface area (TPSA) is 136 Å². The summed E-state index contributed by atoms with van der Waals surface area (Å²) in [4.78, 5) is 43.5. The first kappa shape index (κ1) is 28.1. The van der Waals surface area contributed by atoms with E-state index < -0.39 is 5.41 Å². The normalized spacial score (nSPS) is 13.9. The lowest BCUT2D eigenvalue weighted by atomic mass is 9.85. The van der Waals surface area contributed by atoms with Gasteiger partial charge in [0, 0.05) is 37.1 Å². The van der Waals surface area contributed by atoms with Gasteiger partial charge in [0.1, 0.15) is 5.52 Å². The van der Waals surface area contributed by atoms with Crippen molar-refractivity contribution in [2.75, 3.05) is 55.4 Å². The van der Waals surface area contributed by atoms with E-state index in [1.165, 1.54) is 11.3 Å². The fourth-order valence-corrected chi connectivity index (χ4v) is 5.11. The molecule has 2 aromatic carbocycles. The number of morpholine rings is 1. The number of ether oxygens (including phenoxy) is 1. The van der Waals surface area contributed by atoms with Crippen molar-refractivity contribution in [2.45, 2.75) is 19.3 Å². The Morgan fingerprint density at radius 1 is 1.12 bits per heavy atom. The highest BCUT2D eigenvalue weighted by atomic mass is 32.1. The number of carbonyl (C=O) groups is 2. The fraction of sp³-hybridized carbons (Fsp3) is 0.310. The van der Waals surface area contributed by atoms with Crippen LogP contribution in [-0.2, 0) is 14.9 Å². The average molecular weight is 571 g/mol. The standard InChI is InChI=1S/C29H30N8O3S/c1-29(2,18-30)20-7-4-6-19(14-20)25(39)32-21-8-5-9-22(15-21)36(3)27-31-16-23-26(35-27)41-28(33-23)34-24(38)17-37-10-12-40-13-11-37/h4-9,14-16H,10-13,17H2,1-3H3,(H,32,39)(H,33,34,38). The van der Waals surface area contributed by atoms with Gasteiger partial charge in [0.25, 0.3) is 5.91 Å². The average Bonchev–Trinajstić information content (AvgIpc) is 3.38. The molecule has 0 unspecified atom stereocenters. The molecular weight excluding hydrogens is 540 g/mol. The Labute approximate surface area is 241 Å². The molecule has 0 bridgehead atoms. The first-order valence-electron chi connectivity index (χ1n) is 13.1. The molecule has 0 spiro atoms. The third-order valence-electron chi connectivity index (χ3n) is 6.77. The third-order valence-corrected chi connectivity index (χ3v) is 7.65. The summed E-state index contributed by atoms with van der Waals surface area (Å²) in [7, 11) is 1.83. The highest BCUT2D eigenvalue weighted by Crippen LogP contribution is 2.29. The van der Waals surface area contributed by atoms with Crippen molar-refractivity contribution in [3.05, 3.63) is 65.9 Å². The molecule has 2 amide bonds. The Morgan fingerprint density at radius 3 is 2.68 bits per heavy atom. The van der Waals surface area contributed by atoms with Crippen LogP contribution in [0.2, 0.25) is 0 Å². The van der Waals surface area contributed by atoms with Crippen LogP contribution in [0.15, 0.2) is 54.7 Å². The Kier molecular flexibility index (Phi) is 8.21. The number of anilines is 4. The van der Waals surface area contributed by atoms with Gasteiger partial charge in [0.05, 0.1) is 37.4 Å². The van der Waals surface area contributed by atoms with Crippen molar-refractivity contribution < 1.29 is 14.3 Å². The van der Waals surface area contributed by atoms with Crippen LogP contribution >= 0.6 is 11.3 Å². The van der Waals surface area contributed by atoms with Gasteiger partial charge in [0.2, 0.25) is 11.9 Å². The predicted molar refractivity (Wildman–Crippen MR) is 159 cm³/mol. The van der Waals surface area contributed by atoms with E-state index in [0.717, 1.165) is 24.3 Å². The zero-order chi connectivity index (χ0) is 29.0. The molecule has 0 atom stereocenters. The van der Waals surface area contributed by atoms with E-state index in [9.17, 15) is 14.9 Å². The second-order valence-corrected chi connectivity index (χ2v) is 11.2. The van der Waals surface area contributed by atoms with Crippen LogP contribution in [0.25, 0.3) is 10.3 Å². The molecule has 1 aliphatic heterocycles. The number of hydrogen-bond acceptors (Lipinski definition) is 10. The molecule has 11 nitrogen and oxygen atoms in total. The number of benzene rings is 2. The lowest BCUT2D eigenvalue weighted by Crippen LogP contribution is -2.41. The SMILES string of the molecule is CN(c1cccc(NC(=O)c2cccc(C(C)(C)C#N)c2)c1)c1ncc2nc(NC(=O)CN3CCOCC3)sc2n1. The highest BCUT2D eigenvalue weighted by molar-refractivity contribution is 7.21. The minimum atomic E-state index is -0.701. The number of thiazole rings is 1. The molecule has 3 heterocycles. The zero-order valence-electron chi connectivity index (χ0n) is 23.0. The van der Waals surface area contributed by atoms with Gasteiger partial charge in [-0.1, -0.05) is 29.5 Å². The van der Waals surface area contributed by atoms with Crippen molar-refractivity contribution in [3.63, 3.8) is 0 Å². The molecule has 0 radical (unpaired) electrons. The van der Waals surface area contributed by atoms with Crippen LogP contribution < -0.4 is 15.5 Å². The molecule has 12 heteroatoms. The van der Waals surface area contributed by atoms with E-state index in [1.807, 2.05) is 55.0 Å². The molecule has 210 valence electrons. The van der Waals surface area contributed by atoms with Gasteiger partial charge in [-0.3, -0.25) is 14.5 Å². The number of fused-ring (bicyclic) bond motifs is 1. The molecule has 1 aliphatic rings. The van der Waals surface area contributed by atoms with Crippen molar-refractivity contribution in [2.24, 2.45) is 0 Å². The molecular formula is C29H30N8O3S. The van der Waals surface area contributed by atoms with E-state index >= 15 is 0 Å². The maximum Gasteiger partial charge on any atom is 0.255 e. The van der Waals surface area contributed by atoms with E-state index in [2.05, 4.69) is 31.7 Å². The van der Waals surface area contributed by atoms with Crippen LogP contribution in [-0.4, -0.2) is 71.6 Å². The molecule has 41 heavy (non-hydrogen) atoms. The van der Waals surface area contributed by atoms with Gasteiger partial charge in [-0.15, -0.1) is 0 Å². The summed E-state index contributed by atoms with van der Waals surface area (Å²) < 4.78 is 5.33. The summed E-state index contributed by atoms with van der Waals surface area (Å²) in [6.07, 6.45) is 1.63. The number of aromatic nitrogens is 3. The maximum absolute atomic E-state index is 13.0. The summed E-state index contributed by atoms with van der Waals surface area (Å²) in [5.41, 5.74) is 2.51. The first-order chi connectivity index (χ1) is 19.7. The quantitative estimate of drug-likeness (QED) is 0.320. The van der Waals surface area contributed by atoms with Crippen LogP contribution in [0.3, 0.4) is 0 Å². The second-order valence-electron chi connectivity index (χ2n) is 10.2. The van der Waals surface area contributed by atoms with Gasteiger partial charge in [-0.05, 0) is 49.7 Å². The Balaban J connectivity index is 1.27. The molecule has 1 fully saturated rings. The lowest BCUT2D eigenvalue weighted by molar-refractivity contribution is -0.118. The number of rotatable bonds is 8. The van der Waals surface area contributed by atoms with E-state index in [0.29, 0.717) is 45.9 Å². The summed E-state index contributed by atoms with van der Waals surface area (Å²) in [6, 6.07) is 16.7. The largest absolute Gasteiger partial charge is 0.379 e. The summed E-state index contributed by atoms with van der Waals surface area (Å²) in [5.74, 6) is 0.0452. The van der Waals surface area contributed by atoms with Crippen molar-refractivity contribution >= 4 is 56.0 Å². The number of hydrogen-bond donors (Lipinski definition) is 2. The van der Waals surface area contributed by atoms with Crippen molar-refractivity contribution in [3.8, 4) is 6.07 Å². The lowest BCUT2D eigenvalue weighted by Gasteiger charge is -2.25. The number of amides is 2. The molecule has 2 aromatic heterocycles. The minimum Gasteiger partial charge on any atom is -0.379 e. The summed E-state index contributed by atoms with van der Waals surface area (Å²) >= 11 is 1.29. The Morgan fingerprint density at radius 2 is 1.90 bits per heavy atom. The molecule has 4 aromatic rings. The maximum atomic E-state index is 13.0. The molecule has 5 rings (SSSR count). The molecule has 0 aliphatic carbocycles.